The number of rotatable bonds is 9. The van der Waals surface area contributed by atoms with Crippen LogP contribution in [0.3, 0.4) is 0 Å². The van der Waals surface area contributed by atoms with E-state index in [-0.39, 0.29) is 29.9 Å². The average Bonchev–Trinajstić information content (AvgIpc) is 3.15. The molecule has 154 valence electrons. The first-order chi connectivity index (χ1) is 13.1. The third-order valence-electron chi connectivity index (χ3n) is 4.12. The van der Waals surface area contributed by atoms with Gasteiger partial charge in [0, 0.05) is 37.1 Å². The summed E-state index contributed by atoms with van der Waals surface area (Å²) < 4.78 is 0. The molecule has 1 atom stereocenters. The summed E-state index contributed by atoms with van der Waals surface area (Å²) in [6.07, 6.45) is 2.46. The molecule has 2 aromatic rings. The minimum Gasteiger partial charge on any atom is -0.356 e. The van der Waals surface area contributed by atoms with Crippen molar-refractivity contribution in [1.29, 1.82) is 0 Å². The van der Waals surface area contributed by atoms with Gasteiger partial charge in [-0.15, -0.1) is 35.3 Å². The van der Waals surface area contributed by atoms with Gasteiger partial charge in [0.15, 0.2) is 5.96 Å². The summed E-state index contributed by atoms with van der Waals surface area (Å²) in [5, 5.41) is 11.8. The summed E-state index contributed by atoms with van der Waals surface area (Å²) in [4.78, 5) is 17.4. The predicted molar refractivity (Wildman–Crippen MR) is 131 cm³/mol. The van der Waals surface area contributed by atoms with Crippen LogP contribution in [0.1, 0.15) is 37.1 Å². The normalized spacial score (nSPS) is 12.0. The van der Waals surface area contributed by atoms with Gasteiger partial charge >= 0.3 is 0 Å². The second-order valence-corrected chi connectivity index (χ2v) is 7.73. The van der Waals surface area contributed by atoms with Gasteiger partial charge in [-0.3, -0.25) is 9.79 Å². The fourth-order valence-electron chi connectivity index (χ4n) is 2.73. The SMILES string of the molecule is CCCC(=O)Nc1cccc(CNC(=NC)NCC(C)Cc2cccs2)c1.I. The molecule has 1 aromatic carbocycles. The second kappa shape index (κ2) is 13.5. The van der Waals surface area contributed by atoms with E-state index in [9.17, 15) is 4.79 Å². The lowest BCUT2D eigenvalue weighted by atomic mass is 10.1. The fraction of sp³-hybridized carbons (Fsp3) is 0.429. The molecule has 0 radical (unpaired) electrons. The van der Waals surface area contributed by atoms with Crippen LogP contribution in [0.5, 0.6) is 0 Å². The van der Waals surface area contributed by atoms with E-state index in [4.69, 9.17) is 0 Å². The van der Waals surface area contributed by atoms with E-state index in [1.807, 2.05) is 31.2 Å². The Labute approximate surface area is 189 Å². The van der Waals surface area contributed by atoms with Gasteiger partial charge in [-0.25, -0.2) is 0 Å². The topological polar surface area (TPSA) is 65.5 Å². The van der Waals surface area contributed by atoms with Crippen LogP contribution in [0.25, 0.3) is 0 Å². The molecule has 0 saturated heterocycles. The van der Waals surface area contributed by atoms with E-state index in [0.717, 1.165) is 36.6 Å². The lowest BCUT2D eigenvalue weighted by Crippen LogP contribution is -2.39. The van der Waals surface area contributed by atoms with E-state index in [1.54, 1.807) is 18.4 Å². The molecule has 3 N–H and O–H groups in total. The van der Waals surface area contributed by atoms with Crippen LogP contribution in [-0.2, 0) is 17.8 Å². The first-order valence-corrected chi connectivity index (χ1v) is 10.3. The molecule has 5 nitrogen and oxygen atoms in total. The number of hydrogen-bond donors (Lipinski definition) is 3. The van der Waals surface area contributed by atoms with Crippen molar-refractivity contribution in [3.05, 3.63) is 52.2 Å². The van der Waals surface area contributed by atoms with Gasteiger partial charge in [0.05, 0.1) is 0 Å². The molecule has 28 heavy (non-hydrogen) atoms. The molecular formula is C21H31IN4OS. The second-order valence-electron chi connectivity index (χ2n) is 6.69. The zero-order valence-corrected chi connectivity index (χ0v) is 20.0. The number of thiophene rings is 1. The maximum atomic E-state index is 11.7. The standard InChI is InChI=1S/C21H30N4OS.HI/c1-4-7-20(26)25-18-9-5-8-17(13-18)15-24-21(22-3)23-14-16(2)12-19-10-6-11-27-19;/h5-6,8-11,13,16H,4,7,12,14-15H2,1-3H3,(H,25,26)(H2,22,23,24);1H. The Morgan fingerprint density at radius 2 is 2.04 bits per heavy atom. The number of carbonyl (C=O) groups is 1. The highest BCUT2D eigenvalue weighted by molar-refractivity contribution is 14.0. The maximum absolute atomic E-state index is 11.7. The van der Waals surface area contributed by atoms with Gasteiger partial charge in [-0.1, -0.05) is 32.0 Å². The summed E-state index contributed by atoms with van der Waals surface area (Å²) in [5.41, 5.74) is 1.93. The van der Waals surface area contributed by atoms with Crippen molar-refractivity contribution in [3.63, 3.8) is 0 Å². The Hall–Kier alpha value is -1.61. The van der Waals surface area contributed by atoms with Gasteiger partial charge in [-0.05, 0) is 47.9 Å². The van der Waals surface area contributed by atoms with Crippen molar-refractivity contribution in [2.24, 2.45) is 10.9 Å². The minimum absolute atomic E-state index is 0. The van der Waals surface area contributed by atoms with Crippen molar-refractivity contribution < 1.29 is 4.79 Å². The van der Waals surface area contributed by atoms with Crippen LogP contribution in [0.15, 0.2) is 46.8 Å². The Morgan fingerprint density at radius 1 is 1.21 bits per heavy atom. The van der Waals surface area contributed by atoms with Crippen LogP contribution in [0, 0.1) is 5.92 Å². The van der Waals surface area contributed by atoms with E-state index >= 15 is 0 Å². The number of aliphatic imine (C=N–C) groups is 1. The first kappa shape index (κ1) is 24.4. The predicted octanol–water partition coefficient (Wildman–Crippen LogP) is 4.65. The van der Waals surface area contributed by atoms with Crippen LogP contribution in [0.2, 0.25) is 0 Å². The summed E-state index contributed by atoms with van der Waals surface area (Å²) in [6.45, 7) is 5.75. The average molecular weight is 514 g/mol. The molecule has 0 aliphatic rings. The Bertz CT molecular complexity index is 734. The van der Waals surface area contributed by atoms with Gasteiger partial charge in [0.25, 0.3) is 0 Å². The molecule has 0 spiro atoms. The smallest absolute Gasteiger partial charge is 0.224 e. The number of guanidine groups is 1. The molecule has 1 aromatic heterocycles. The molecule has 0 saturated carbocycles. The van der Waals surface area contributed by atoms with Crippen LogP contribution >= 0.6 is 35.3 Å². The highest BCUT2D eigenvalue weighted by Gasteiger charge is 2.07. The molecule has 1 heterocycles. The monoisotopic (exact) mass is 514 g/mol. The molecule has 0 bridgehead atoms. The van der Waals surface area contributed by atoms with E-state index in [1.165, 1.54) is 4.88 Å². The van der Waals surface area contributed by atoms with E-state index < -0.39 is 0 Å². The van der Waals surface area contributed by atoms with Crippen LogP contribution in [-0.4, -0.2) is 25.5 Å². The largest absolute Gasteiger partial charge is 0.356 e. The highest BCUT2D eigenvalue weighted by Crippen LogP contribution is 2.14. The number of nitrogens with zero attached hydrogens (tertiary/aromatic N) is 1. The quantitative estimate of drug-likeness (QED) is 0.259. The molecule has 0 aliphatic heterocycles. The molecule has 0 fully saturated rings. The number of hydrogen-bond acceptors (Lipinski definition) is 3. The number of halogens is 1. The van der Waals surface area contributed by atoms with Gasteiger partial charge in [-0.2, -0.15) is 0 Å². The molecule has 2 rings (SSSR count). The van der Waals surface area contributed by atoms with Gasteiger partial charge in [0.2, 0.25) is 5.91 Å². The number of amides is 1. The molecule has 0 aliphatic carbocycles. The third kappa shape index (κ3) is 9.05. The lowest BCUT2D eigenvalue weighted by Gasteiger charge is -2.16. The molecule has 1 amide bonds. The van der Waals surface area contributed by atoms with Crippen molar-refractivity contribution >= 4 is 52.9 Å². The summed E-state index contributed by atoms with van der Waals surface area (Å²) in [6, 6.07) is 12.2. The van der Waals surface area contributed by atoms with E-state index in [0.29, 0.717) is 18.9 Å². The minimum atomic E-state index is 0. The first-order valence-electron chi connectivity index (χ1n) is 9.46. The van der Waals surface area contributed by atoms with Crippen LogP contribution < -0.4 is 16.0 Å². The third-order valence-corrected chi connectivity index (χ3v) is 5.02. The van der Waals surface area contributed by atoms with Gasteiger partial charge in [0.1, 0.15) is 0 Å². The number of anilines is 1. The number of carbonyl (C=O) groups excluding carboxylic acids is 1. The zero-order chi connectivity index (χ0) is 19.5. The molecular weight excluding hydrogens is 483 g/mol. The zero-order valence-electron chi connectivity index (χ0n) is 16.8. The van der Waals surface area contributed by atoms with Crippen LogP contribution in [0.4, 0.5) is 5.69 Å². The van der Waals surface area contributed by atoms with Gasteiger partial charge < -0.3 is 16.0 Å². The Balaban J connectivity index is 0.00000392. The Kier molecular flexibility index (Phi) is 11.8. The number of nitrogens with one attached hydrogen (secondary N) is 3. The highest BCUT2D eigenvalue weighted by atomic mass is 127. The van der Waals surface area contributed by atoms with Crippen molar-refractivity contribution in [2.75, 3.05) is 18.9 Å². The lowest BCUT2D eigenvalue weighted by molar-refractivity contribution is -0.116. The van der Waals surface area contributed by atoms with E-state index in [2.05, 4.69) is 45.4 Å². The summed E-state index contributed by atoms with van der Waals surface area (Å²) >= 11 is 1.80. The van der Waals surface area contributed by atoms with Crippen molar-refractivity contribution in [3.8, 4) is 0 Å². The maximum Gasteiger partial charge on any atom is 0.224 e. The van der Waals surface area contributed by atoms with Crippen molar-refractivity contribution in [1.82, 2.24) is 10.6 Å². The summed E-state index contributed by atoms with van der Waals surface area (Å²) in [7, 11) is 1.78. The van der Waals surface area contributed by atoms with Crippen molar-refractivity contribution in [2.45, 2.75) is 39.7 Å². The fourth-order valence-corrected chi connectivity index (χ4v) is 3.60. The number of benzene rings is 1. The molecule has 7 heteroatoms. The summed E-state index contributed by atoms with van der Waals surface area (Å²) in [5.74, 6) is 1.37. The molecule has 1 unspecified atom stereocenters. The Morgan fingerprint density at radius 3 is 2.71 bits per heavy atom.